The Bertz CT molecular complexity index is 988. The van der Waals surface area contributed by atoms with Crippen LogP contribution in [0.4, 0.5) is 0 Å². The molecule has 2 aromatic rings. The van der Waals surface area contributed by atoms with E-state index in [1.54, 1.807) is 11.6 Å². The Kier molecular flexibility index (Phi) is 6.64. The molecular weight excluding hydrogens is 374 g/mol. The van der Waals surface area contributed by atoms with Crippen LogP contribution in [0.3, 0.4) is 0 Å². The second kappa shape index (κ2) is 9.17. The van der Waals surface area contributed by atoms with Gasteiger partial charge in [-0.15, -0.1) is 0 Å². The number of carbonyl (C=O) groups excluding carboxylic acids is 3. The monoisotopic (exact) mass is 401 g/mol. The van der Waals surface area contributed by atoms with Gasteiger partial charge in [-0.3, -0.25) is 28.8 Å². The first-order chi connectivity index (χ1) is 13.9. The molecule has 0 aliphatic carbocycles. The normalized spacial score (nSPS) is 17.0. The molecule has 29 heavy (non-hydrogen) atoms. The van der Waals surface area contributed by atoms with Gasteiger partial charge >= 0.3 is 5.69 Å². The number of nitrogens with zero attached hydrogens (tertiary/aromatic N) is 2. The number of benzene rings is 1. The highest BCUT2D eigenvalue weighted by Gasteiger charge is 2.31. The second-order valence-electron chi connectivity index (χ2n) is 7.32. The van der Waals surface area contributed by atoms with E-state index in [2.05, 4.69) is 5.32 Å². The topological polar surface area (TPSA) is 99.4 Å². The summed E-state index contributed by atoms with van der Waals surface area (Å²) >= 11 is 0. The molecule has 0 radical (unpaired) electrons. The van der Waals surface area contributed by atoms with Gasteiger partial charge in [0.2, 0.25) is 11.8 Å². The molecule has 2 amide bonds. The van der Waals surface area contributed by atoms with Crippen LogP contribution in [0, 0.1) is 0 Å². The van der Waals surface area contributed by atoms with Crippen LogP contribution in [0.2, 0.25) is 0 Å². The number of nitrogens with one attached hydrogen (secondary N) is 1. The van der Waals surface area contributed by atoms with Crippen molar-refractivity contribution >= 4 is 28.6 Å². The molecule has 8 heteroatoms. The number of fused-ring (bicyclic) bond motifs is 1. The summed E-state index contributed by atoms with van der Waals surface area (Å²) in [5.74, 6) is -0.545. The Morgan fingerprint density at radius 3 is 2.76 bits per heavy atom. The van der Waals surface area contributed by atoms with Crippen molar-refractivity contribution in [3.8, 4) is 0 Å². The van der Waals surface area contributed by atoms with Gasteiger partial charge in [0.25, 0.3) is 0 Å². The van der Waals surface area contributed by atoms with E-state index in [0.29, 0.717) is 44.4 Å². The lowest BCUT2D eigenvalue weighted by atomic mass is 10.0. The Morgan fingerprint density at radius 1 is 1.24 bits per heavy atom. The molecule has 2 heterocycles. The number of carbonyl (C=O) groups is 3. The first kappa shape index (κ1) is 21.0. The number of hydrogen-bond donors (Lipinski definition) is 1. The quantitative estimate of drug-likeness (QED) is 0.509. The van der Waals surface area contributed by atoms with Gasteiger partial charge in [-0.05, 0) is 30.9 Å². The molecule has 1 unspecified atom stereocenters. The zero-order chi connectivity index (χ0) is 21.0. The molecule has 3 rings (SSSR count). The predicted molar refractivity (Wildman–Crippen MR) is 108 cm³/mol. The minimum atomic E-state index is -0.682. The number of imide groups is 1. The summed E-state index contributed by atoms with van der Waals surface area (Å²) in [6, 6.07) is 4.99. The minimum Gasteiger partial charge on any atom is -0.381 e. The average molecular weight is 401 g/mol. The Balaban J connectivity index is 1.76. The molecule has 0 bridgehead atoms. The number of aryl methyl sites for hydroxylation is 2. The number of aromatic nitrogens is 2. The molecule has 0 saturated carbocycles. The number of rotatable bonds is 9. The third-order valence-corrected chi connectivity index (χ3v) is 5.36. The highest BCUT2D eigenvalue weighted by molar-refractivity contribution is 6.00. The van der Waals surface area contributed by atoms with Crippen LogP contribution in [0.5, 0.6) is 0 Å². The summed E-state index contributed by atoms with van der Waals surface area (Å²) < 4.78 is 8.60. The van der Waals surface area contributed by atoms with Crippen LogP contribution in [0.1, 0.15) is 50.6 Å². The van der Waals surface area contributed by atoms with E-state index in [4.69, 9.17) is 4.74 Å². The predicted octanol–water partition coefficient (Wildman–Crippen LogP) is 1.64. The number of Topliss-reactive ketones (excluding diaryl/α,β-unsaturated/α-hetero) is 1. The molecule has 1 aromatic heterocycles. The van der Waals surface area contributed by atoms with Gasteiger partial charge in [0.15, 0.2) is 0 Å². The van der Waals surface area contributed by atoms with E-state index in [1.165, 1.54) is 4.57 Å². The maximum absolute atomic E-state index is 12.9. The van der Waals surface area contributed by atoms with Crippen LogP contribution in [-0.4, -0.2) is 39.9 Å². The molecule has 1 aliphatic heterocycles. The number of para-hydroxylation sites is 1. The zero-order valence-electron chi connectivity index (χ0n) is 16.9. The van der Waals surface area contributed by atoms with Crippen molar-refractivity contribution in [2.24, 2.45) is 7.05 Å². The first-order valence-corrected chi connectivity index (χ1v) is 10.1. The molecule has 1 saturated heterocycles. The van der Waals surface area contributed by atoms with Gasteiger partial charge in [-0.2, -0.15) is 0 Å². The van der Waals surface area contributed by atoms with E-state index in [0.717, 1.165) is 17.5 Å². The lowest BCUT2D eigenvalue weighted by Gasteiger charge is -2.21. The molecule has 1 N–H and O–H groups in total. The third kappa shape index (κ3) is 4.48. The van der Waals surface area contributed by atoms with E-state index in [-0.39, 0.29) is 23.8 Å². The van der Waals surface area contributed by atoms with Crippen LogP contribution in [0.25, 0.3) is 11.0 Å². The van der Waals surface area contributed by atoms with Gasteiger partial charge in [0, 0.05) is 32.9 Å². The van der Waals surface area contributed by atoms with E-state index in [9.17, 15) is 19.2 Å². The summed E-state index contributed by atoms with van der Waals surface area (Å²) in [6.45, 7) is 2.81. The van der Waals surface area contributed by atoms with Crippen molar-refractivity contribution in [1.82, 2.24) is 14.5 Å². The van der Waals surface area contributed by atoms with Crippen molar-refractivity contribution in [2.75, 3.05) is 13.2 Å². The number of ketones is 1. The highest BCUT2D eigenvalue weighted by atomic mass is 16.5. The SMILES string of the molecule is CCC(=O)CCOCCCc1cccc2c1n(C)c(=O)n2C1CCC(=O)NC1=O. The molecule has 1 atom stereocenters. The maximum atomic E-state index is 12.9. The Morgan fingerprint density at radius 2 is 2.03 bits per heavy atom. The van der Waals surface area contributed by atoms with E-state index < -0.39 is 11.9 Å². The van der Waals surface area contributed by atoms with Crippen LogP contribution in [0.15, 0.2) is 23.0 Å². The fourth-order valence-corrected chi connectivity index (χ4v) is 3.78. The van der Waals surface area contributed by atoms with Crippen LogP contribution in [-0.2, 0) is 32.6 Å². The van der Waals surface area contributed by atoms with Crippen molar-refractivity contribution < 1.29 is 19.1 Å². The number of piperidine rings is 1. The lowest BCUT2D eigenvalue weighted by molar-refractivity contribution is -0.135. The van der Waals surface area contributed by atoms with Crippen molar-refractivity contribution in [3.63, 3.8) is 0 Å². The fourth-order valence-electron chi connectivity index (χ4n) is 3.78. The molecule has 156 valence electrons. The first-order valence-electron chi connectivity index (χ1n) is 10.1. The Labute approximate surface area is 168 Å². The molecule has 1 aromatic carbocycles. The Hall–Kier alpha value is -2.74. The van der Waals surface area contributed by atoms with E-state index in [1.807, 2.05) is 25.1 Å². The smallest absolute Gasteiger partial charge is 0.329 e. The third-order valence-electron chi connectivity index (χ3n) is 5.36. The van der Waals surface area contributed by atoms with Gasteiger partial charge in [-0.25, -0.2) is 4.79 Å². The van der Waals surface area contributed by atoms with Crippen molar-refractivity contribution in [1.29, 1.82) is 0 Å². The van der Waals surface area contributed by atoms with Crippen LogP contribution < -0.4 is 11.0 Å². The molecular formula is C21H27N3O5. The summed E-state index contributed by atoms with van der Waals surface area (Å²) in [6.07, 6.45) is 2.98. The van der Waals surface area contributed by atoms with Gasteiger partial charge in [0.1, 0.15) is 11.8 Å². The largest absolute Gasteiger partial charge is 0.381 e. The van der Waals surface area contributed by atoms with Gasteiger partial charge in [0.05, 0.1) is 17.6 Å². The molecule has 8 nitrogen and oxygen atoms in total. The molecule has 1 fully saturated rings. The van der Waals surface area contributed by atoms with Gasteiger partial charge < -0.3 is 4.74 Å². The maximum Gasteiger partial charge on any atom is 0.329 e. The highest BCUT2D eigenvalue weighted by Crippen LogP contribution is 2.25. The number of ether oxygens (including phenoxy) is 1. The molecule has 1 aliphatic rings. The lowest BCUT2D eigenvalue weighted by Crippen LogP contribution is -2.44. The summed E-state index contributed by atoms with van der Waals surface area (Å²) in [4.78, 5) is 47.9. The molecule has 0 spiro atoms. The summed E-state index contributed by atoms with van der Waals surface area (Å²) in [5.41, 5.74) is 2.22. The van der Waals surface area contributed by atoms with Crippen molar-refractivity contribution in [3.05, 3.63) is 34.2 Å². The summed E-state index contributed by atoms with van der Waals surface area (Å²) in [5, 5.41) is 2.32. The van der Waals surface area contributed by atoms with Crippen molar-refractivity contribution in [2.45, 2.75) is 51.5 Å². The second-order valence-corrected chi connectivity index (χ2v) is 7.32. The fraction of sp³-hybridized carbons (Fsp3) is 0.524. The van der Waals surface area contributed by atoms with Gasteiger partial charge in [-0.1, -0.05) is 19.1 Å². The number of hydrogen-bond acceptors (Lipinski definition) is 5. The number of imidazole rings is 1. The number of amides is 2. The average Bonchev–Trinajstić information content (AvgIpc) is 2.96. The standard InChI is InChI=1S/C21H27N3O5/c1-3-15(25)11-13-29-12-5-7-14-6-4-8-16-19(14)23(2)21(28)24(16)17-9-10-18(26)22-20(17)27/h4,6,8,17H,3,5,7,9-13H2,1-2H3,(H,22,26,27). The van der Waals surface area contributed by atoms with Crippen LogP contribution >= 0.6 is 0 Å². The zero-order valence-corrected chi connectivity index (χ0v) is 16.9. The minimum absolute atomic E-state index is 0.194. The summed E-state index contributed by atoms with van der Waals surface area (Å²) in [7, 11) is 1.70. The van der Waals surface area contributed by atoms with E-state index >= 15 is 0 Å².